The monoisotopic (exact) mass is 341 g/mol. The van der Waals surface area contributed by atoms with Crippen LogP contribution < -0.4 is 24.5 Å². The molecule has 0 fully saturated rings. The van der Waals surface area contributed by atoms with E-state index >= 15 is 0 Å². The SMILES string of the molecule is C=Cc1cccc(/C=C/c2ccc(OC)c(OC)c2OC)[n+]1CCN. The molecule has 5 heteroatoms. The van der Waals surface area contributed by atoms with Gasteiger partial charge in [0.05, 0.1) is 27.9 Å². The van der Waals surface area contributed by atoms with E-state index in [4.69, 9.17) is 19.9 Å². The Kier molecular flexibility index (Phi) is 6.60. The molecule has 0 unspecified atom stereocenters. The minimum Gasteiger partial charge on any atom is -0.493 e. The third-order valence-corrected chi connectivity index (χ3v) is 3.89. The molecule has 1 aromatic heterocycles. The molecule has 2 aromatic rings. The fourth-order valence-electron chi connectivity index (χ4n) is 2.72. The summed E-state index contributed by atoms with van der Waals surface area (Å²) in [6, 6.07) is 9.83. The van der Waals surface area contributed by atoms with Gasteiger partial charge in [0.2, 0.25) is 17.1 Å². The molecule has 0 atom stereocenters. The molecule has 0 aliphatic rings. The van der Waals surface area contributed by atoms with Gasteiger partial charge in [-0.15, -0.1) is 0 Å². The van der Waals surface area contributed by atoms with Crippen molar-refractivity contribution in [3.63, 3.8) is 0 Å². The third kappa shape index (κ3) is 4.00. The van der Waals surface area contributed by atoms with Crippen molar-refractivity contribution >= 4 is 18.2 Å². The second kappa shape index (κ2) is 8.89. The minimum atomic E-state index is 0.552. The zero-order valence-electron chi connectivity index (χ0n) is 15.0. The Labute approximate surface area is 149 Å². The Morgan fingerprint density at radius 3 is 2.28 bits per heavy atom. The molecule has 0 aliphatic carbocycles. The van der Waals surface area contributed by atoms with Crippen LogP contribution >= 0.6 is 0 Å². The fraction of sp³-hybridized carbons (Fsp3) is 0.250. The van der Waals surface area contributed by atoms with Gasteiger partial charge in [-0.3, -0.25) is 0 Å². The van der Waals surface area contributed by atoms with Gasteiger partial charge in [-0.1, -0.05) is 6.58 Å². The number of pyridine rings is 1. The number of methoxy groups -OCH3 is 3. The molecule has 0 saturated heterocycles. The number of rotatable bonds is 8. The molecule has 132 valence electrons. The number of hydrogen-bond donors (Lipinski definition) is 1. The zero-order chi connectivity index (χ0) is 18.2. The van der Waals surface area contributed by atoms with E-state index in [1.54, 1.807) is 21.3 Å². The molecule has 2 rings (SSSR count). The number of nitrogens with two attached hydrogens (primary N) is 1. The highest BCUT2D eigenvalue weighted by Crippen LogP contribution is 2.40. The Morgan fingerprint density at radius 2 is 1.68 bits per heavy atom. The van der Waals surface area contributed by atoms with Crippen molar-refractivity contribution in [2.75, 3.05) is 27.9 Å². The van der Waals surface area contributed by atoms with E-state index in [0.717, 1.165) is 17.0 Å². The lowest BCUT2D eigenvalue weighted by atomic mass is 10.1. The van der Waals surface area contributed by atoms with E-state index in [1.807, 2.05) is 48.6 Å². The minimum absolute atomic E-state index is 0.552. The van der Waals surface area contributed by atoms with E-state index in [2.05, 4.69) is 11.1 Å². The number of hydrogen-bond acceptors (Lipinski definition) is 4. The molecule has 5 nitrogen and oxygen atoms in total. The molecule has 0 spiro atoms. The predicted molar refractivity (Wildman–Crippen MR) is 101 cm³/mol. The first-order valence-corrected chi connectivity index (χ1v) is 8.02. The van der Waals surface area contributed by atoms with Gasteiger partial charge in [0, 0.05) is 29.8 Å². The van der Waals surface area contributed by atoms with Crippen LogP contribution in [0.25, 0.3) is 18.2 Å². The predicted octanol–water partition coefficient (Wildman–Crippen LogP) is 2.77. The lowest BCUT2D eigenvalue weighted by molar-refractivity contribution is -0.697. The zero-order valence-corrected chi connectivity index (χ0v) is 15.0. The van der Waals surface area contributed by atoms with Crippen LogP contribution in [0.4, 0.5) is 0 Å². The van der Waals surface area contributed by atoms with Crippen LogP contribution in [0.3, 0.4) is 0 Å². The van der Waals surface area contributed by atoms with Crippen molar-refractivity contribution in [1.82, 2.24) is 0 Å². The third-order valence-electron chi connectivity index (χ3n) is 3.89. The van der Waals surface area contributed by atoms with Crippen LogP contribution in [0.2, 0.25) is 0 Å². The molecule has 1 aromatic carbocycles. The Balaban J connectivity index is 2.48. The molecule has 25 heavy (non-hydrogen) atoms. The smallest absolute Gasteiger partial charge is 0.205 e. The molecule has 0 amide bonds. The number of ether oxygens (including phenoxy) is 3. The molecule has 0 radical (unpaired) electrons. The standard InChI is InChI=1S/C20H25N2O3/c1-5-16-7-6-8-17(22(16)14-13-21)11-9-15-10-12-18(23-2)20(25-4)19(15)24-3/h5-12H,1,13-14,21H2,2-4H3/q+1/b11-9+. The summed E-state index contributed by atoms with van der Waals surface area (Å²) in [5.41, 5.74) is 8.69. The Hall–Kier alpha value is -2.79. The molecule has 1 heterocycles. The summed E-state index contributed by atoms with van der Waals surface area (Å²) in [5, 5.41) is 0. The van der Waals surface area contributed by atoms with E-state index in [9.17, 15) is 0 Å². The van der Waals surface area contributed by atoms with Crippen LogP contribution in [0, 0.1) is 0 Å². The average Bonchev–Trinajstić information content (AvgIpc) is 2.66. The van der Waals surface area contributed by atoms with Gasteiger partial charge < -0.3 is 19.9 Å². The highest BCUT2D eigenvalue weighted by Gasteiger charge is 2.15. The number of nitrogens with zero attached hydrogens (tertiary/aromatic N) is 1. The van der Waals surface area contributed by atoms with Crippen molar-refractivity contribution in [3.05, 3.63) is 53.9 Å². The molecule has 0 aliphatic heterocycles. The van der Waals surface area contributed by atoms with Crippen LogP contribution in [0.5, 0.6) is 17.2 Å². The lowest BCUT2D eigenvalue weighted by Gasteiger charge is -2.14. The highest BCUT2D eigenvalue weighted by atomic mass is 16.5. The first-order valence-electron chi connectivity index (χ1n) is 8.02. The molecule has 2 N–H and O–H groups in total. The summed E-state index contributed by atoms with van der Waals surface area (Å²) in [4.78, 5) is 0. The summed E-state index contributed by atoms with van der Waals surface area (Å²) in [6.45, 7) is 5.13. The van der Waals surface area contributed by atoms with E-state index in [-0.39, 0.29) is 0 Å². The summed E-state index contributed by atoms with van der Waals surface area (Å²) >= 11 is 0. The lowest BCUT2D eigenvalue weighted by Crippen LogP contribution is -2.43. The molecular weight excluding hydrogens is 316 g/mol. The fourth-order valence-corrected chi connectivity index (χ4v) is 2.72. The van der Waals surface area contributed by atoms with Crippen LogP contribution in [-0.4, -0.2) is 27.9 Å². The van der Waals surface area contributed by atoms with E-state index in [0.29, 0.717) is 30.3 Å². The first kappa shape index (κ1) is 18.5. The number of benzene rings is 1. The topological polar surface area (TPSA) is 57.6 Å². The van der Waals surface area contributed by atoms with Gasteiger partial charge in [-0.05, 0) is 24.3 Å². The van der Waals surface area contributed by atoms with Crippen LogP contribution in [0.15, 0.2) is 36.9 Å². The van der Waals surface area contributed by atoms with Gasteiger partial charge >= 0.3 is 0 Å². The summed E-state index contributed by atoms with van der Waals surface area (Å²) < 4.78 is 18.4. The van der Waals surface area contributed by atoms with Crippen molar-refractivity contribution < 1.29 is 18.8 Å². The van der Waals surface area contributed by atoms with Gasteiger partial charge in [0.25, 0.3) is 0 Å². The second-order valence-corrected chi connectivity index (χ2v) is 5.28. The maximum Gasteiger partial charge on any atom is 0.205 e. The quantitative estimate of drug-likeness (QED) is 0.750. The summed E-state index contributed by atoms with van der Waals surface area (Å²) in [6.07, 6.45) is 5.83. The normalized spacial score (nSPS) is 10.7. The van der Waals surface area contributed by atoms with Crippen molar-refractivity contribution in [2.45, 2.75) is 6.54 Å². The second-order valence-electron chi connectivity index (χ2n) is 5.28. The summed E-state index contributed by atoms with van der Waals surface area (Å²) in [5.74, 6) is 1.83. The van der Waals surface area contributed by atoms with Gasteiger partial charge in [-0.2, -0.15) is 4.57 Å². The van der Waals surface area contributed by atoms with E-state index in [1.165, 1.54) is 0 Å². The van der Waals surface area contributed by atoms with Gasteiger partial charge in [-0.25, -0.2) is 0 Å². The molecule has 0 saturated carbocycles. The maximum absolute atomic E-state index is 5.75. The van der Waals surface area contributed by atoms with Crippen LogP contribution in [0.1, 0.15) is 17.0 Å². The molecular formula is C20H25N2O3+. The Morgan fingerprint density at radius 1 is 0.960 bits per heavy atom. The summed E-state index contributed by atoms with van der Waals surface area (Å²) in [7, 11) is 4.81. The van der Waals surface area contributed by atoms with Gasteiger partial charge in [0.1, 0.15) is 0 Å². The van der Waals surface area contributed by atoms with E-state index < -0.39 is 0 Å². The van der Waals surface area contributed by atoms with Crippen molar-refractivity contribution in [1.29, 1.82) is 0 Å². The van der Waals surface area contributed by atoms with Crippen molar-refractivity contribution in [2.24, 2.45) is 5.73 Å². The first-order chi connectivity index (χ1) is 12.2. The number of aromatic nitrogens is 1. The van der Waals surface area contributed by atoms with Crippen LogP contribution in [-0.2, 0) is 6.54 Å². The highest BCUT2D eigenvalue weighted by molar-refractivity contribution is 5.74. The average molecular weight is 341 g/mol. The molecule has 0 bridgehead atoms. The Bertz CT molecular complexity index is 770. The maximum atomic E-state index is 5.75. The largest absolute Gasteiger partial charge is 0.493 e. The van der Waals surface area contributed by atoms with Gasteiger partial charge in [0.15, 0.2) is 18.0 Å². The van der Waals surface area contributed by atoms with Crippen molar-refractivity contribution in [3.8, 4) is 17.2 Å².